The number of carbonyl (C=O) groups is 2. The molecule has 0 saturated carbocycles. The van der Waals surface area contributed by atoms with Gasteiger partial charge in [0, 0.05) is 6.54 Å². The lowest BCUT2D eigenvalue weighted by molar-refractivity contribution is -0.119. The lowest BCUT2D eigenvalue weighted by Crippen LogP contribution is -2.38. The third-order valence-electron chi connectivity index (χ3n) is 2.39. The van der Waals surface area contributed by atoms with Crippen molar-refractivity contribution >= 4 is 17.6 Å². The van der Waals surface area contributed by atoms with Gasteiger partial charge < -0.3 is 20.7 Å². The second kappa shape index (κ2) is 7.25. The molecule has 1 aromatic carbocycles. The summed E-state index contributed by atoms with van der Waals surface area (Å²) >= 11 is 0. The summed E-state index contributed by atoms with van der Waals surface area (Å²) in [7, 11) is 1.53. The predicted molar refractivity (Wildman–Crippen MR) is 73.4 cm³/mol. The Kier molecular flexibility index (Phi) is 5.66. The summed E-state index contributed by atoms with van der Waals surface area (Å²) in [6, 6.07) is 5.01. The molecule has 3 amide bonds. The summed E-state index contributed by atoms with van der Waals surface area (Å²) in [5.74, 6) is 0.340. The molecular formula is C13H19N3O3. The minimum atomic E-state index is -0.449. The van der Waals surface area contributed by atoms with Gasteiger partial charge in [0.05, 0.1) is 19.3 Å². The van der Waals surface area contributed by atoms with E-state index in [0.717, 1.165) is 5.56 Å². The molecule has 0 fully saturated rings. The lowest BCUT2D eigenvalue weighted by Gasteiger charge is -2.11. The third kappa shape index (κ3) is 4.87. The van der Waals surface area contributed by atoms with Crippen LogP contribution in [0.25, 0.3) is 0 Å². The van der Waals surface area contributed by atoms with Gasteiger partial charge in [-0.05, 0) is 31.5 Å². The summed E-state index contributed by atoms with van der Waals surface area (Å²) < 4.78 is 5.14. The van der Waals surface area contributed by atoms with Crippen LogP contribution >= 0.6 is 0 Å². The van der Waals surface area contributed by atoms with Crippen LogP contribution < -0.4 is 20.7 Å². The van der Waals surface area contributed by atoms with Gasteiger partial charge in [0.1, 0.15) is 5.75 Å². The Morgan fingerprint density at radius 2 is 2.00 bits per heavy atom. The highest BCUT2D eigenvalue weighted by atomic mass is 16.5. The van der Waals surface area contributed by atoms with Crippen LogP contribution in [0.2, 0.25) is 0 Å². The normalized spacial score (nSPS) is 9.63. The Hall–Kier alpha value is -2.24. The molecule has 19 heavy (non-hydrogen) atoms. The number of likely N-dealkylation sites (N-methyl/N-ethyl adjacent to an activating group) is 1. The summed E-state index contributed by atoms with van der Waals surface area (Å²) in [4.78, 5) is 22.8. The molecule has 0 atom stereocenters. The number of carbonyl (C=O) groups excluding carboxylic acids is 2. The van der Waals surface area contributed by atoms with Gasteiger partial charge in [-0.25, -0.2) is 4.79 Å². The minimum Gasteiger partial charge on any atom is -0.495 e. The maximum absolute atomic E-state index is 11.6. The van der Waals surface area contributed by atoms with Gasteiger partial charge in [-0.2, -0.15) is 0 Å². The van der Waals surface area contributed by atoms with Crippen LogP contribution in [0.15, 0.2) is 18.2 Å². The van der Waals surface area contributed by atoms with E-state index in [9.17, 15) is 9.59 Å². The third-order valence-corrected chi connectivity index (χ3v) is 2.39. The zero-order valence-corrected chi connectivity index (χ0v) is 11.4. The summed E-state index contributed by atoms with van der Waals surface area (Å²) in [6.45, 7) is 4.20. The van der Waals surface area contributed by atoms with E-state index in [2.05, 4.69) is 16.0 Å². The molecule has 0 spiro atoms. The number of hydrogen-bond acceptors (Lipinski definition) is 3. The fraction of sp³-hybridized carbons (Fsp3) is 0.385. The van der Waals surface area contributed by atoms with Crippen molar-refractivity contribution in [1.29, 1.82) is 0 Å². The Labute approximate surface area is 112 Å². The monoisotopic (exact) mass is 265 g/mol. The smallest absolute Gasteiger partial charge is 0.319 e. The van der Waals surface area contributed by atoms with E-state index in [1.165, 1.54) is 7.11 Å². The number of aryl methyl sites for hydroxylation is 1. The highest BCUT2D eigenvalue weighted by Crippen LogP contribution is 2.24. The van der Waals surface area contributed by atoms with Crippen LogP contribution in [0, 0.1) is 6.92 Å². The Morgan fingerprint density at radius 1 is 1.26 bits per heavy atom. The van der Waals surface area contributed by atoms with Crippen LogP contribution in [0.1, 0.15) is 12.5 Å². The van der Waals surface area contributed by atoms with E-state index in [1.54, 1.807) is 12.1 Å². The van der Waals surface area contributed by atoms with Crippen LogP contribution in [-0.4, -0.2) is 32.1 Å². The van der Waals surface area contributed by atoms with Crippen LogP contribution in [-0.2, 0) is 4.79 Å². The topological polar surface area (TPSA) is 79.5 Å². The first-order chi connectivity index (χ1) is 9.06. The fourth-order valence-electron chi connectivity index (χ4n) is 1.51. The number of ether oxygens (including phenoxy) is 1. The van der Waals surface area contributed by atoms with E-state index in [-0.39, 0.29) is 12.5 Å². The number of methoxy groups -OCH3 is 1. The molecule has 0 radical (unpaired) electrons. The number of benzene rings is 1. The summed E-state index contributed by atoms with van der Waals surface area (Å²) in [6.07, 6.45) is 0. The van der Waals surface area contributed by atoms with Gasteiger partial charge >= 0.3 is 6.03 Å². The first-order valence-electron chi connectivity index (χ1n) is 6.03. The Balaban J connectivity index is 2.57. The molecule has 3 N–H and O–H groups in total. The molecule has 6 nitrogen and oxygen atoms in total. The van der Waals surface area contributed by atoms with Gasteiger partial charge in [-0.1, -0.05) is 6.07 Å². The average molecular weight is 265 g/mol. The highest BCUT2D eigenvalue weighted by molar-refractivity contribution is 5.93. The van der Waals surface area contributed by atoms with Crippen LogP contribution in [0.4, 0.5) is 10.5 Å². The molecule has 0 aliphatic rings. The van der Waals surface area contributed by atoms with Crippen molar-refractivity contribution in [1.82, 2.24) is 10.6 Å². The summed E-state index contributed by atoms with van der Waals surface area (Å²) in [5, 5.41) is 7.70. The molecule has 0 saturated heterocycles. The van der Waals surface area contributed by atoms with Crippen molar-refractivity contribution in [2.75, 3.05) is 25.5 Å². The molecule has 1 aromatic rings. The SMILES string of the molecule is CCNC(=O)CNC(=O)Nc1cc(C)ccc1OC. The number of anilines is 1. The van der Waals surface area contributed by atoms with Gasteiger partial charge in [0.2, 0.25) is 5.91 Å². The summed E-state index contributed by atoms with van der Waals surface area (Å²) in [5.41, 5.74) is 1.57. The van der Waals surface area contributed by atoms with Crippen molar-refractivity contribution in [2.45, 2.75) is 13.8 Å². The lowest BCUT2D eigenvalue weighted by atomic mass is 10.2. The van der Waals surface area contributed by atoms with Gasteiger partial charge in [-0.3, -0.25) is 4.79 Å². The van der Waals surface area contributed by atoms with Gasteiger partial charge in [-0.15, -0.1) is 0 Å². The predicted octanol–water partition coefficient (Wildman–Crippen LogP) is 1.26. The molecule has 1 rings (SSSR count). The van der Waals surface area contributed by atoms with E-state index in [0.29, 0.717) is 18.0 Å². The van der Waals surface area contributed by atoms with Crippen molar-refractivity contribution in [3.05, 3.63) is 23.8 Å². The largest absolute Gasteiger partial charge is 0.495 e. The fourth-order valence-corrected chi connectivity index (χ4v) is 1.51. The van der Waals surface area contributed by atoms with Gasteiger partial charge in [0.15, 0.2) is 0 Å². The second-order valence-electron chi connectivity index (χ2n) is 3.96. The highest BCUT2D eigenvalue weighted by Gasteiger charge is 2.08. The van der Waals surface area contributed by atoms with E-state index in [4.69, 9.17) is 4.74 Å². The Morgan fingerprint density at radius 3 is 2.63 bits per heavy atom. The standard InChI is InChI=1S/C13H19N3O3/c1-4-14-12(17)8-15-13(18)16-10-7-9(2)5-6-11(10)19-3/h5-7H,4,8H2,1-3H3,(H,14,17)(H2,15,16,18). The number of amides is 3. The van der Waals surface area contributed by atoms with Crippen molar-refractivity contribution in [3.63, 3.8) is 0 Å². The zero-order valence-electron chi connectivity index (χ0n) is 11.4. The van der Waals surface area contributed by atoms with Crippen LogP contribution in [0.3, 0.4) is 0 Å². The van der Waals surface area contributed by atoms with Crippen molar-refractivity contribution in [3.8, 4) is 5.75 Å². The molecule has 104 valence electrons. The molecule has 0 aliphatic heterocycles. The number of urea groups is 1. The number of rotatable bonds is 5. The number of hydrogen-bond donors (Lipinski definition) is 3. The molecule has 0 bridgehead atoms. The van der Waals surface area contributed by atoms with Gasteiger partial charge in [0.25, 0.3) is 0 Å². The van der Waals surface area contributed by atoms with Crippen molar-refractivity contribution < 1.29 is 14.3 Å². The zero-order chi connectivity index (χ0) is 14.3. The van der Waals surface area contributed by atoms with E-state index < -0.39 is 6.03 Å². The first-order valence-corrected chi connectivity index (χ1v) is 6.03. The average Bonchev–Trinajstić information content (AvgIpc) is 2.37. The quantitative estimate of drug-likeness (QED) is 0.750. The molecule has 6 heteroatoms. The molecule has 0 aromatic heterocycles. The molecule has 0 unspecified atom stereocenters. The van der Waals surface area contributed by atoms with E-state index in [1.807, 2.05) is 19.9 Å². The Bertz CT molecular complexity index is 460. The first kappa shape index (κ1) is 14.8. The molecule has 0 heterocycles. The maximum atomic E-state index is 11.6. The maximum Gasteiger partial charge on any atom is 0.319 e. The molecule has 0 aliphatic carbocycles. The second-order valence-corrected chi connectivity index (χ2v) is 3.96. The van der Waals surface area contributed by atoms with Crippen LogP contribution in [0.5, 0.6) is 5.75 Å². The minimum absolute atomic E-state index is 0.0617. The van der Waals surface area contributed by atoms with Crippen molar-refractivity contribution in [2.24, 2.45) is 0 Å². The number of nitrogens with one attached hydrogen (secondary N) is 3. The van der Waals surface area contributed by atoms with E-state index >= 15 is 0 Å². The molecular weight excluding hydrogens is 246 g/mol.